The minimum Gasteiger partial charge on any atom is -0.376 e. The van der Waals surface area contributed by atoms with Crippen molar-refractivity contribution in [1.82, 2.24) is 5.32 Å². The van der Waals surface area contributed by atoms with Crippen LogP contribution in [0.5, 0.6) is 0 Å². The van der Waals surface area contributed by atoms with Crippen molar-refractivity contribution in [3.05, 3.63) is 12.7 Å². The number of ether oxygens (including phenoxy) is 1. The van der Waals surface area contributed by atoms with E-state index in [1.165, 1.54) is 0 Å². The number of hydrogen-bond acceptors (Lipinski definition) is 2. The lowest BCUT2D eigenvalue weighted by Crippen LogP contribution is -2.38. The minimum atomic E-state index is -0.279. The van der Waals surface area contributed by atoms with Gasteiger partial charge in [0.15, 0.2) is 0 Å². The fourth-order valence-corrected chi connectivity index (χ4v) is 0.803. The second-order valence-electron chi connectivity index (χ2n) is 3.86. The van der Waals surface area contributed by atoms with E-state index in [0.717, 1.165) is 6.42 Å². The second kappa shape index (κ2) is 6.60. The molecule has 0 aliphatic heterocycles. The molecule has 0 atom stereocenters. The van der Waals surface area contributed by atoms with Crippen LogP contribution in [0.1, 0.15) is 27.2 Å². The SMILES string of the molecule is C=CCOCCNC(=O)C(C)(C)CC. The van der Waals surface area contributed by atoms with Crippen LogP contribution in [0.4, 0.5) is 0 Å². The van der Waals surface area contributed by atoms with E-state index in [1.54, 1.807) is 6.08 Å². The molecule has 0 fully saturated rings. The molecule has 0 aliphatic rings. The molecule has 0 spiro atoms. The molecule has 0 radical (unpaired) electrons. The second-order valence-corrected chi connectivity index (χ2v) is 3.86. The van der Waals surface area contributed by atoms with Crippen LogP contribution in [-0.2, 0) is 9.53 Å². The van der Waals surface area contributed by atoms with Crippen molar-refractivity contribution in [2.75, 3.05) is 19.8 Å². The molecule has 1 N–H and O–H groups in total. The van der Waals surface area contributed by atoms with Crippen molar-refractivity contribution in [2.45, 2.75) is 27.2 Å². The highest BCUT2D eigenvalue weighted by atomic mass is 16.5. The van der Waals surface area contributed by atoms with Gasteiger partial charge in [0, 0.05) is 12.0 Å². The lowest BCUT2D eigenvalue weighted by Gasteiger charge is -2.21. The third kappa shape index (κ3) is 5.02. The molecule has 0 aliphatic carbocycles. The van der Waals surface area contributed by atoms with Gasteiger partial charge in [-0.15, -0.1) is 6.58 Å². The molecule has 0 bridgehead atoms. The summed E-state index contributed by atoms with van der Waals surface area (Å²) in [5.74, 6) is 0.0854. The molecule has 14 heavy (non-hydrogen) atoms. The lowest BCUT2D eigenvalue weighted by molar-refractivity contribution is -0.129. The zero-order chi connectivity index (χ0) is 11.0. The average Bonchev–Trinajstić information content (AvgIpc) is 2.17. The van der Waals surface area contributed by atoms with Gasteiger partial charge >= 0.3 is 0 Å². The van der Waals surface area contributed by atoms with Crippen molar-refractivity contribution >= 4 is 5.91 Å². The third-order valence-electron chi connectivity index (χ3n) is 2.27. The summed E-state index contributed by atoms with van der Waals surface area (Å²) >= 11 is 0. The molecule has 0 aromatic rings. The van der Waals surface area contributed by atoms with Crippen molar-refractivity contribution < 1.29 is 9.53 Å². The van der Waals surface area contributed by atoms with Crippen LogP contribution in [0.15, 0.2) is 12.7 Å². The van der Waals surface area contributed by atoms with E-state index >= 15 is 0 Å². The smallest absolute Gasteiger partial charge is 0.225 e. The van der Waals surface area contributed by atoms with Crippen LogP contribution in [0.2, 0.25) is 0 Å². The first kappa shape index (κ1) is 13.2. The highest BCUT2D eigenvalue weighted by molar-refractivity contribution is 5.81. The first-order valence-electron chi connectivity index (χ1n) is 5.01. The van der Waals surface area contributed by atoms with Gasteiger partial charge < -0.3 is 10.1 Å². The van der Waals surface area contributed by atoms with Crippen molar-refractivity contribution in [1.29, 1.82) is 0 Å². The normalized spacial score (nSPS) is 11.1. The van der Waals surface area contributed by atoms with Crippen molar-refractivity contribution in [2.24, 2.45) is 5.41 Å². The molecule has 0 unspecified atom stereocenters. The van der Waals surface area contributed by atoms with E-state index in [-0.39, 0.29) is 11.3 Å². The number of amides is 1. The Bertz CT molecular complexity index is 188. The van der Waals surface area contributed by atoms with Crippen LogP contribution >= 0.6 is 0 Å². The Balaban J connectivity index is 3.59. The maximum atomic E-state index is 11.5. The molecule has 0 aromatic carbocycles. The molecule has 0 rings (SSSR count). The highest BCUT2D eigenvalue weighted by Crippen LogP contribution is 2.18. The van der Waals surface area contributed by atoms with E-state index in [4.69, 9.17) is 4.74 Å². The molecule has 0 aromatic heterocycles. The summed E-state index contributed by atoms with van der Waals surface area (Å²) < 4.78 is 5.15. The number of rotatable bonds is 7. The molecule has 1 amide bonds. The first-order chi connectivity index (χ1) is 6.54. The Morgan fingerprint density at radius 2 is 2.21 bits per heavy atom. The van der Waals surface area contributed by atoms with Crippen molar-refractivity contribution in [3.8, 4) is 0 Å². The summed E-state index contributed by atoms with van der Waals surface area (Å²) in [5, 5.41) is 2.83. The third-order valence-corrected chi connectivity index (χ3v) is 2.27. The maximum absolute atomic E-state index is 11.5. The monoisotopic (exact) mass is 199 g/mol. The number of hydrogen-bond donors (Lipinski definition) is 1. The standard InChI is InChI=1S/C11H21NO2/c1-5-8-14-9-7-12-10(13)11(3,4)6-2/h5H,1,6-9H2,2-4H3,(H,12,13). The van der Waals surface area contributed by atoms with Gasteiger partial charge in [-0.2, -0.15) is 0 Å². The lowest BCUT2D eigenvalue weighted by atomic mass is 9.89. The Labute approximate surface area is 86.5 Å². The molecular formula is C11H21NO2. The average molecular weight is 199 g/mol. The quantitative estimate of drug-likeness (QED) is 0.501. The summed E-state index contributed by atoms with van der Waals surface area (Å²) in [6.45, 7) is 11.1. The predicted molar refractivity (Wildman–Crippen MR) is 58.1 cm³/mol. The maximum Gasteiger partial charge on any atom is 0.225 e. The van der Waals surface area contributed by atoms with E-state index in [0.29, 0.717) is 19.8 Å². The van der Waals surface area contributed by atoms with Gasteiger partial charge in [0.2, 0.25) is 5.91 Å². The van der Waals surface area contributed by atoms with Gasteiger partial charge in [0.25, 0.3) is 0 Å². The van der Waals surface area contributed by atoms with Crippen LogP contribution in [0, 0.1) is 5.41 Å². The van der Waals surface area contributed by atoms with Gasteiger partial charge in [0.1, 0.15) is 0 Å². The number of carbonyl (C=O) groups is 1. The fraction of sp³-hybridized carbons (Fsp3) is 0.727. The number of nitrogens with one attached hydrogen (secondary N) is 1. The van der Waals surface area contributed by atoms with Crippen molar-refractivity contribution in [3.63, 3.8) is 0 Å². The Morgan fingerprint density at radius 1 is 1.57 bits per heavy atom. The van der Waals surface area contributed by atoms with E-state index in [9.17, 15) is 4.79 Å². The van der Waals surface area contributed by atoms with Gasteiger partial charge in [0.05, 0.1) is 13.2 Å². The first-order valence-corrected chi connectivity index (χ1v) is 5.01. The Hall–Kier alpha value is -0.830. The summed E-state index contributed by atoms with van der Waals surface area (Å²) in [5.41, 5.74) is -0.279. The minimum absolute atomic E-state index is 0.0854. The molecule has 82 valence electrons. The van der Waals surface area contributed by atoms with Gasteiger partial charge in [-0.25, -0.2) is 0 Å². The molecule has 0 saturated carbocycles. The summed E-state index contributed by atoms with van der Waals surface area (Å²) in [4.78, 5) is 11.5. The highest BCUT2D eigenvalue weighted by Gasteiger charge is 2.24. The fourth-order valence-electron chi connectivity index (χ4n) is 0.803. The Kier molecular flexibility index (Phi) is 6.21. The van der Waals surface area contributed by atoms with Gasteiger partial charge in [-0.3, -0.25) is 4.79 Å². The van der Waals surface area contributed by atoms with Crippen LogP contribution in [-0.4, -0.2) is 25.7 Å². The predicted octanol–water partition coefficient (Wildman–Crippen LogP) is 1.74. The molecule has 0 saturated heterocycles. The summed E-state index contributed by atoms with van der Waals surface area (Å²) in [7, 11) is 0. The number of carbonyl (C=O) groups excluding carboxylic acids is 1. The summed E-state index contributed by atoms with van der Waals surface area (Å²) in [6.07, 6.45) is 2.53. The van der Waals surface area contributed by atoms with Gasteiger partial charge in [-0.05, 0) is 6.42 Å². The van der Waals surface area contributed by atoms with E-state index in [1.807, 2.05) is 20.8 Å². The van der Waals surface area contributed by atoms with E-state index < -0.39 is 0 Å². The molecule has 3 nitrogen and oxygen atoms in total. The summed E-state index contributed by atoms with van der Waals surface area (Å²) in [6, 6.07) is 0. The topological polar surface area (TPSA) is 38.3 Å². The van der Waals surface area contributed by atoms with Crippen LogP contribution in [0.25, 0.3) is 0 Å². The zero-order valence-electron chi connectivity index (χ0n) is 9.43. The zero-order valence-corrected chi connectivity index (χ0v) is 9.43. The van der Waals surface area contributed by atoms with Gasteiger partial charge in [-0.1, -0.05) is 26.8 Å². The molecular weight excluding hydrogens is 178 g/mol. The molecule has 3 heteroatoms. The van der Waals surface area contributed by atoms with E-state index in [2.05, 4.69) is 11.9 Å². The van der Waals surface area contributed by atoms with Crippen LogP contribution < -0.4 is 5.32 Å². The Morgan fingerprint density at radius 3 is 2.71 bits per heavy atom. The largest absolute Gasteiger partial charge is 0.376 e. The van der Waals surface area contributed by atoms with Crippen LogP contribution in [0.3, 0.4) is 0 Å². The molecule has 0 heterocycles.